The van der Waals surface area contributed by atoms with Crippen LogP contribution in [0.1, 0.15) is 45.2 Å². The SMILES string of the molecule is CCCNC(C)C(C)(C)CN(C)c1cc(C)cc(C)c1. The number of nitrogens with one attached hydrogen (secondary N) is 1. The van der Waals surface area contributed by atoms with Gasteiger partial charge < -0.3 is 10.2 Å². The number of nitrogens with zero attached hydrogens (tertiary/aromatic N) is 1. The zero-order valence-corrected chi connectivity index (χ0v) is 14.4. The minimum absolute atomic E-state index is 0.238. The van der Waals surface area contributed by atoms with Gasteiger partial charge in [0.1, 0.15) is 0 Å². The molecule has 0 bridgehead atoms. The molecule has 0 fully saturated rings. The van der Waals surface area contributed by atoms with E-state index in [2.05, 4.69) is 77.0 Å². The molecule has 1 rings (SSSR count). The Balaban J connectivity index is 2.74. The van der Waals surface area contributed by atoms with E-state index >= 15 is 0 Å². The predicted octanol–water partition coefficient (Wildman–Crippen LogP) is 4.15. The molecule has 1 unspecified atom stereocenters. The van der Waals surface area contributed by atoms with Crippen molar-refractivity contribution in [2.75, 3.05) is 25.0 Å². The van der Waals surface area contributed by atoms with Gasteiger partial charge in [0, 0.05) is 25.3 Å². The van der Waals surface area contributed by atoms with Crippen molar-refractivity contribution in [3.63, 3.8) is 0 Å². The van der Waals surface area contributed by atoms with Gasteiger partial charge in [0.25, 0.3) is 0 Å². The normalized spacial score (nSPS) is 13.3. The summed E-state index contributed by atoms with van der Waals surface area (Å²) in [7, 11) is 2.20. The van der Waals surface area contributed by atoms with Crippen LogP contribution in [0.25, 0.3) is 0 Å². The zero-order chi connectivity index (χ0) is 15.3. The number of anilines is 1. The monoisotopic (exact) mass is 276 g/mol. The standard InChI is InChI=1S/C18H32N2/c1-8-9-19-16(4)18(5,6)13-20(7)17-11-14(2)10-15(3)12-17/h10-12,16,19H,8-9,13H2,1-7H3. The van der Waals surface area contributed by atoms with Crippen molar-refractivity contribution in [2.45, 2.75) is 54.0 Å². The Kier molecular flexibility index (Phi) is 6.07. The van der Waals surface area contributed by atoms with Crippen LogP contribution in [0.15, 0.2) is 18.2 Å². The number of hydrogen-bond acceptors (Lipinski definition) is 2. The molecule has 0 spiro atoms. The van der Waals surface area contributed by atoms with Crippen molar-refractivity contribution >= 4 is 5.69 Å². The van der Waals surface area contributed by atoms with Gasteiger partial charge in [0.15, 0.2) is 0 Å². The van der Waals surface area contributed by atoms with Crippen LogP contribution in [-0.4, -0.2) is 26.2 Å². The minimum atomic E-state index is 0.238. The highest BCUT2D eigenvalue weighted by Crippen LogP contribution is 2.26. The maximum Gasteiger partial charge on any atom is 0.0369 e. The summed E-state index contributed by atoms with van der Waals surface area (Å²) < 4.78 is 0. The van der Waals surface area contributed by atoms with Crippen LogP contribution in [0.2, 0.25) is 0 Å². The smallest absolute Gasteiger partial charge is 0.0369 e. The Labute approximate surface area is 125 Å². The van der Waals surface area contributed by atoms with Crippen LogP contribution in [0.5, 0.6) is 0 Å². The maximum atomic E-state index is 3.63. The first-order valence-corrected chi connectivity index (χ1v) is 7.79. The largest absolute Gasteiger partial charge is 0.374 e. The first-order chi connectivity index (χ1) is 9.26. The third kappa shape index (κ3) is 4.82. The summed E-state index contributed by atoms with van der Waals surface area (Å²) >= 11 is 0. The number of rotatable bonds is 7. The van der Waals surface area contributed by atoms with Crippen molar-refractivity contribution in [3.05, 3.63) is 29.3 Å². The molecule has 0 heterocycles. The van der Waals surface area contributed by atoms with Crippen molar-refractivity contribution < 1.29 is 0 Å². The molecule has 2 heteroatoms. The molecule has 114 valence electrons. The summed E-state index contributed by atoms with van der Waals surface area (Å²) in [5.41, 5.74) is 4.23. The van der Waals surface area contributed by atoms with Gasteiger partial charge in [-0.05, 0) is 62.4 Å². The predicted molar refractivity (Wildman–Crippen MR) is 90.7 cm³/mol. The summed E-state index contributed by atoms with van der Waals surface area (Å²) in [5.74, 6) is 0. The quantitative estimate of drug-likeness (QED) is 0.804. The van der Waals surface area contributed by atoms with E-state index in [1.807, 2.05) is 0 Å². The average molecular weight is 276 g/mol. The average Bonchev–Trinajstić information content (AvgIpc) is 2.34. The molecule has 0 aliphatic carbocycles. The highest BCUT2D eigenvalue weighted by molar-refractivity contribution is 5.50. The van der Waals surface area contributed by atoms with E-state index in [9.17, 15) is 0 Å². The van der Waals surface area contributed by atoms with E-state index in [1.54, 1.807) is 0 Å². The second-order valence-electron chi connectivity index (χ2n) is 6.87. The summed E-state index contributed by atoms with van der Waals surface area (Å²) in [6.07, 6.45) is 1.19. The second-order valence-corrected chi connectivity index (χ2v) is 6.87. The van der Waals surface area contributed by atoms with E-state index in [0.717, 1.165) is 13.1 Å². The Morgan fingerprint density at radius 3 is 2.20 bits per heavy atom. The molecule has 0 saturated heterocycles. The van der Waals surface area contributed by atoms with Crippen LogP contribution < -0.4 is 10.2 Å². The number of hydrogen-bond donors (Lipinski definition) is 1. The molecule has 1 N–H and O–H groups in total. The van der Waals surface area contributed by atoms with E-state index < -0.39 is 0 Å². The van der Waals surface area contributed by atoms with Gasteiger partial charge in [0.05, 0.1) is 0 Å². The summed E-state index contributed by atoms with van der Waals surface area (Å²) in [6, 6.07) is 7.28. The topological polar surface area (TPSA) is 15.3 Å². The third-order valence-corrected chi connectivity index (χ3v) is 4.16. The van der Waals surface area contributed by atoms with Gasteiger partial charge in [-0.3, -0.25) is 0 Å². The van der Waals surface area contributed by atoms with Crippen molar-refractivity contribution in [3.8, 4) is 0 Å². The van der Waals surface area contributed by atoms with Gasteiger partial charge in [-0.1, -0.05) is 26.8 Å². The second kappa shape index (κ2) is 7.12. The van der Waals surface area contributed by atoms with Crippen LogP contribution in [0.4, 0.5) is 5.69 Å². The molecule has 0 aromatic heterocycles. The Morgan fingerprint density at radius 1 is 1.15 bits per heavy atom. The Bertz CT molecular complexity index is 403. The van der Waals surface area contributed by atoms with Gasteiger partial charge >= 0.3 is 0 Å². The molecule has 0 amide bonds. The van der Waals surface area contributed by atoms with E-state index in [-0.39, 0.29) is 5.41 Å². The molecule has 20 heavy (non-hydrogen) atoms. The molecular weight excluding hydrogens is 244 g/mol. The van der Waals surface area contributed by atoms with Gasteiger partial charge in [0.2, 0.25) is 0 Å². The Morgan fingerprint density at radius 2 is 1.70 bits per heavy atom. The number of aryl methyl sites for hydroxylation is 2. The summed E-state index contributed by atoms with van der Waals surface area (Å²) in [4.78, 5) is 2.38. The molecule has 0 aliphatic heterocycles. The van der Waals surface area contributed by atoms with E-state index in [1.165, 1.54) is 23.2 Å². The maximum absolute atomic E-state index is 3.63. The van der Waals surface area contributed by atoms with Crippen LogP contribution in [0.3, 0.4) is 0 Å². The minimum Gasteiger partial charge on any atom is -0.374 e. The highest BCUT2D eigenvalue weighted by Gasteiger charge is 2.27. The van der Waals surface area contributed by atoms with Crippen LogP contribution in [-0.2, 0) is 0 Å². The fourth-order valence-electron chi connectivity index (χ4n) is 2.65. The molecule has 0 saturated carbocycles. The van der Waals surface area contributed by atoms with Crippen LogP contribution in [0, 0.1) is 19.3 Å². The van der Waals surface area contributed by atoms with E-state index in [0.29, 0.717) is 6.04 Å². The van der Waals surface area contributed by atoms with Gasteiger partial charge in [-0.25, -0.2) is 0 Å². The van der Waals surface area contributed by atoms with Gasteiger partial charge in [-0.15, -0.1) is 0 Å². The summed E-state index contributed by atoms with van der Waals surface area (Å²) in [6.45, 7) is 15.7. The van der Waals surface area contributed by atoms with Crippen LogP contribution >= 0.6 is 0 Å². The first-order valence-electron chi connectivity index (χ1n) is 7.79. The fraction of sp³-hybridized carbons (Fsp3) is 0.667. The summed E-state index contributed by atoms with van der Waals surface area (Å²) in [5, 5.41) is 3.63. The molecule has 2 nitrogen and oxygen atoms in total. The molecule has 1 atom stereocenters. The highest BCUT2D eigenvalue weighted by atomic mass is 15.1. The van der Waals surface area contributed by atoms with E-state index in [4.69, 9.17) is 0 Å². The van der Waals surface area contributed by atoms with Crippen molar-refractivity contribution in [1.82, 2.24) is 5.32 Å². The van der Waals surface area contributed by atoms with Crippen molar-refractivity contribution in [1.29, 1.82) is 0 Å². The Hall–Kier alpha value is -1.02. The first kappa shape index (κ1) is 17.0. The molecular formula is C18H32N2. The lowest BCUT2D eigenvalue weighted by molar-refractivity contribution is 0.263. The van der Waals surface area contributed by atoms with Gasteiger partial charge in [-0.2, -0.15) is 0 Å². The lowest BCUT2D eigenvalue weighted by atomic mass is 9.84. The molecule has 1 aromatic rings. The molecule has 1 aromatic carbocycles. The molecule has 0 radical (unpaired) electrons. The lowest BCUT2D eigenvalue weighted by Gasteiger charge is -2.37. The number of benzene rings is 1. The third-order valence-electron chi connectivity index (χ3n) is 4.16. The fourth-order valence-corrected chi connectivity index (χ4v) is 2.65. The molecule has 0 aliphatic rings. The van der Waals surface area contributed by atoms with Crippen molar-refractivity contribution in [2.24, 2.45) is 5.41 Å². The lowest BCUT2D eigenvalue weighted by Crippen LogP contribution is -2.46. The zero-order valence-electron chi connectivity index (χ0n) is 14.4.